The Morgan fingerprint density at radius 2 is 2.38 bits per heavy atom. The summed E-state index contributed by atoms with van der Waals surface area (Å²) in [6.45, 7) is 0. The summed E-state index contributed by atoms with van der Waals surface area (Å²) in [5, 5.41) is 12.5. The molecule has 0 spiro atoms. The van der Waals surface area contributed by atoms with Gasteiger partial charge in [-0.3, -0.25) is 0 Å². The van der Waals surface area contributed by atoms with Gasteiger partial charge in [-0.1, -0.05) is 12.5 Å². The maximum atomic E-state index is 10.0. The molecule has 72 valence electrons. The molecule has 0 amide bonds. The molecule has 1 nitrogen and oxygen atoms in total. The third-order valence-corrected chi connectivity index (χ3v) is 4.79. The average Bonchev–Trinajstić information content (AvgIpc) is 2.71. The molecule has 1 saturated heterocycles. The zero-order valence-corrected chi connectivity index (χ0v) is 9.11. The van der Waals surface area contributed by atoms with Gasteiger partial charge in [0.15, 0.2) is 0 Å². The van der Waals surface area contributed by atoms with E-state index in [2.05, 4.69) is 0 Å². The van der Waals surface area contributed by atoms with Crippen LogP contribution in [0.15, 0.2) is 17.5 Å². The lowest BCUT2D eigenvalue weighted by atomic mass is 10.1. The lowest BCUT2D eigenvalue weighted by Crippen LogP contribution is -2.17. The van der Waals surface area contributed by atoms with Crippen LogP contribution < -0.4 is 0 Å². The van der Waals surface area contributed by atoms with Gasteiger partial charge in [-0.2, -0.15) is 11.8 Å². The van der Waals surface area contributed by atoms with Crippen LogP contribution in [0.25, 0.3) is 0 Å². The van der Waals surface area contributed by atoms with Gasteiger partial charge in [0.2, 0.25) is 0 Å². The van der Waals surface area contributed by atoms with Crippen molar-refractivity contribution in [1.82, 2.24) is 0 Å². The fourth-order valence-corrected chi connectivity index (χ4v) is 3.85. The van der Waals surface area contributed by atoms with Crippen LogP contribution in [0, 0.1) is 0 Å². The third-order valence-electron chi connectivity index (χ3n) is 2.40. The van der Waals surface area contributed by atoms with E-state index >= 15 is 0 Å². The highest BCUT2D eigenvalue weighted by Gasteiger charge is 2.23. The zero-order valence-electron chi connectivity index (χ0n) is 7.48. The van der Waals surface area contributed by atoms with Crippen molar-refractivity contribution in [2.45, 2.75) is 30.6 Å². The van der Waals surface area contributed by atoms with Crippen LogP contribution in [-0.4, -0.2) is 16.1 Å². The molecule has 1 aromatic heterocycles. The van der Waals surface area contributed by atoms with Gasteiger partial charge < -0.3 is 5.11 Å². The summed E-state index contributed by atoms with van der Waals surface area (Å²) < 4.78 is 0. The monoisotopic (exact) mass is 214 g/mol. The number of thiophene rings is 1. The van der Waals surface area contributed by atoms with E-state index in [0.29, 0.717) is 5.25 Å². The molecule has 1 N–H and O–H groups in total. The Bertz CT molecular complexity index is 239. The van der Waals surface area contributed by atoms with E-state index in [4.69, 9.17) is 0 Å². The van der Waals surface area contributed by atoms with Crippen molar-refractivity contribution in [3.8, 4) is 0 Å². The van der Waals surface area contributed by atoms with Crippen molar-refractivity contribution in [1.29, 1.82) is 0 Å². The standard InChI is InChI=1S/C10H14OS2/c11-10(9-5-3-7-13-9)8-4-1-2-6-12-8/h3,5,7-8,10-11H,1-2,4,6H2. The Hall–Kier alpha value is 0.01000. The van der Waals surface area contributed by atoms with E-state index in [1.54, 1.807) is 11.3 Å². The molecular weight excluding hydrogens is 200 g/mol. The van der Waals surface area contributed by atoms with Crippen LogP contribution in [0.5, 0.6) is 0 Å². The lowest BCUT2D eigenvalue weighted by molar-refractivity contribution is 0.172. The zero-order chi connectivity index (χ0) is 9.10. The van der Waals surface area contributed by atoms with Gasteiger partial charge in [0.1, 0.15) is 0 Å². The van der Waals surface area contributed by atoms with Crippen LogP contribution >= 0.6 is 23.1 Å². The van der Waals surface area contributed by atoms with E-state index in [1.807, 2.05) is 29.3 Å². The fraction of sp³-hybridized carbons (Fsp3) is 0.600. The molecule has 2 rings (SSSR count). The predicted molar refractivity (Wildman–Crippen MR) is 59.4 cm³/mol. The molecule has 1 aliphatic rings. The summed E-state index contributed by atoms with van der Waals surface area (Å²) in [5.74, 6) is 1.22. The van der Waals surface area contributed by atoms with Gasteiger partial charge in [0.25, 0.3) is 0 Å². The Morgan fingerprint density at radius 1 is 1.46 bits per heavy atom. The summed E-state index contributed by atoms with van der Waals surface area (Å²) >= 11 is 3.59. The molecule has 0 bridgehead atoms. The van der Waals surface area contributed by atoms with Gasteiger partial charge in [0.05, 0.1) is 6.10 Å². The molecule has 3 heteroatoms. The average molecular weight is 214 g/mol. The molecule has 0 radical (unpaired) electrons. The van der Waals surface area contributed by atoms with Crippen LogP contribution in [-0.2, 0) is 0 Å². The van der Waals surface area contributed by atoms with E-state index in [9.17, 15) is 5.11 Å². The number of hydrogen-bond acceptors (Lipinski definition) is 3. The number of rotatable bonds is 2. The summed E-state index contributed by atoms with van der Waals surface area (Å²) in [6, 6.07) is 4.04. The Balaban J connectivity index is 1.99. The van der Waals surface area contributed by atoms with Gasteiger partial charge in [-0.15, -0.1) is 11.3 Å². The molecule has 2 unspecified atom stereocenters. The molecule has 0 aliphatic carbocycles. The topological polar surface area (TPSA) is 20.2 Å². The minimum Gasteiger partial charge on any atom is -0.386 e. The van der Waals surface area contributed by atoms with E-state index in [1.165, 1.54) is 25.0 Å². The van der Waals surface area contributed by atoms with Crippen molar-refractivity contribution in [2.75, 3.05) is 5.75 Å². The van der Waals surface area contributed by atoms with Gasteiger partial charge in [0, 0.05) is 10.1 Å². The second-order valence-electron chi connectivity index (χ2n) is 3.37. The summed E-state index contributed by atoms with van der Waals surface area (Å²) in [5.41, 5.74) is 0. The molecule has 13 heavy (non-hydrogen) atoms. The maximum absolute atomic E-state index is 10.0. The maximum Gasteiger partial charge on any atom is 0.1000 e. The van der Waals surface area contributed by atoms with Gasteiger partial charge in [-0.05, 0) is 30.0 Å². The lowest BCUT2D eigenvalue weighted by Gasteiger charge is -2.25. The second-order valence-corrected chi connectivity index (χ2v) is 5.69. The van der Waals surface area contributed by atoms with Gasteiger partial charge >= 0.3 is 0 Å². The second kappa shape index (κ2) is 4.49. The van der Waals surface area contributed by atoms with Crippen molar-refractivity contribution in [2.24, 2.45) is 0 Å². The number of hydrogen-bond donors (Lipinski definition) is 1. The van der Waals surface area contributed by atoms with E-state index in [-0.39, 0.29) is 6.10 Å². The smallest absolute Gasteiger partial charge is 0.1000 e. The molecule has 2 atom stereocenters. The number of thioether (sulfide) groups is 1. The van der Waals surface area contributed by atoms with Crippen molar-refractivity contribution >= 4 is 23.1 Å². The quantitative estimate of drug-likeness (QED) is 0.816. The largest absolute Gasteiger partial charge is 0.386 e. The third kappa shape index (κ3) is 2.27. The van der Waals surface area contributed by atoms with Gasteiger partial charge in [-0.25, -0.2) is 0 Å². The summed E-state index contributed by atoms with van der Waals surface area (Å²) in [4.78, 5) is 1.12. The molecule has 0 saturated carbocycles. The highest BCUT2D eigenvalue weighted by atomic mass is 32.2. The molecular formula is C10H14OS2. The van der Waals surface area contributed by atoms with Crippen LogP contribution in [0.2, 0.25) is 0 Å². The molecule has 1 aromatic rings. The fourth-order valence-electron chi connectivity index (χ4n) is 1.66. The highest BCUT2D eigenvalue weighted by Crippen LogP contribution is 2.35. The first-order valence-electron chi connectivity index (χ1n) is 4.71. The Labute approximate surface area is 87.2 Å². The van der Waals surface area contributed by atoms with Crippen molar-refractivity contribution in [3.63, 3.8) is 0 Å². The van der Waals surface area contributed by atoms with Crippen LogP contribution in [0.1, 0.15) is 30.2 Å². The van der Waals surface area contributed by atoms with E-state index in [0.717, 1.165) is 4.88 Å². The molecule has 1 aliphatic heterocycles. The molecule has 1 fully saturated rings. The number of aliphatic hydroxyl groups excluding tert-OH is 1. The number of aliphatic hydroxyl groups is 1. The summed E-state index contributed by atoms with van der Waals surface area (Å²) in [7, 11) is 0. The minimum absolute atomic E-state index is 0.231. The molecule has 2 heterocycles. The first kappa shape index (κ1) is 9.56. The minimum atomic E-state index is -0.231. The van der Waals surface area contributed by atoms with E-state index < -0.39 is 0 Å². The van der Waals surface area contributed by atoms with Crippen molar-refractivity contribution in [3.05, 3.63) is 22.4 Å². The molecule has 0 aromatic carbocycles. The normalized spacial score (nSPS) is 25.8. The Kier molecular flexibility index (Phi) is 3.30. The first-order chi connectivity index (χ1) is 6.38. The van der Waals surface area contributed by atoms with Crippen LogP contribution in [0.3, 0.4) is 0 Å². The Morgan fingerprint density at radius 3 is 3.00 bits per heavy atom. The van der Waals surface area contributed by atoms with Crippen molar-refractivity contribution < 1.29 is 5.11 Å². The highest BCUT2D eigenvalue weighted by molar-refractivity contribution is 8.00. The summed E-state index contributed by atoms with van der Waals surface area (Å²) in [6.07, 6.45) is 3.53. The first-order valence-corrected chi connectivity index (χ1v) is 6.64. The SMILES string of the molecule is OC(c1cccs1)C1CCCCS1. The predicted octanol–water partition coefficient (Wildman–Crippen LogP) is 3.07. The van der Waals surface area contributed by atoms with Crippen LogP contribution in [0.4, 0.5) is 0 Å².